The van der Waals surface area contributed by atoms with Gasteiger partial charge in [-0.1, -0.05) is 48.5 Å². The molecule has 0 unspecified atom stereocenters. The molecule has 2 N–H and O–H groups in total. The zero-order valence-corrected chi connectivity index (χ0v) is 10.8. The van der Waals surface area contributed by atoms with E-state index in [2.05, 4.69) is 39.6 Å². The molecule has 20 heavy (non-hydrogen) atoms. The highest BCUT2D eigenvalue weighted by atomic mass is 15.1. The van der Waals surface area contributed by atoms with Crippen LogP contribution in [0.3, 0.4) is 0 Å². The lowest BCUT2D eigenvalue weighted by Crippen LogP contribution is -1.93. The Morgan fingerprint density at radius 3 is 2.55 bits per heavy atom. The van der Waals surface area contributed by atoms with Crippen molar-refractivity contribution in [2.24, 2.45) is 0 Å². The van der Waals surface area contributed by atoms with Crippen LogP contribution in [0.1, 0.15) is 0 Å². The van der Waals surface area contributed by atoms with Crippen molar-refractivity contribution in [2.75, 3.05) is 5.32 Å². The molecule has 0 saturated heterocycles. The summed E-state index contributed by atoms with van der Waals surface area (Å²) >= 11 is 0. The van der Waals surface area contributed by atoms with Crippen LogP contribution in [0.15, 0.2) is 66.7 Å². The number of nitrogens with one attached hydrogen (secondary N) is 2. The van der Waals surface area contributed by atoms with E-state index in [4.69, 9.17) is 0 Å². The Kier molecular flexibility index (Phi) is 2.42. The first-order valence-corrected chi connectivity index (χ1v) is 6.60. The van der Waals surface area contributed by atoms with Gasteiger partial charge in [-0.15, -0.1) is 0 Å². The summed E-state index contributed by atoms with van der Waals surface area (Å²) in [7, 11) is 0. The van der Waals surface area contributed by atoms with Crippen molar-refractivity contribution in [1.29, 1.82) is 0 Å². The van der Waals surface area contributed by atoms with E-state index >= 15 is 0 Å². The summed E-state index contributed by atoms with van der Waals surface area (Å²) in [5.74, 6) is 0.766. The fourth-order valence-electron chi connectivity index (χ4n) is 2.47. The van der Waals surface area contributed by atoms with Crippen molar-refractivity contribution >= 4 is 33.4 Å². The number of aromatic amines is 1. The van der Waals surface area contributed by atoms with Gasteiger partial charge in [0.15, 0.2) is 0 Å². The molecule has 3 aromatic carbocycles. The van der Waals surface area contributed by atoms with Crippen LogP contribution in [-0.4, -0.2) is 9.97 Å². The molecule has 1 heterocycles. The van der Waals surface area contributed by atoms with E-state index in [1.165, 1.54) is 10.8 Å². The van der Waals surface area contributed by atoms with Crippen molar-refractivity contribution < 1.29 is 0 Å². The number of hydrogen-bond acceptors (Lipinski definition) is 2. The summed E-state index contributed by atoms with van der Waals surface area (Å²) in [4.78, 5) is 7.83. The first-order valence-electron chi connectivity index (χ1n) is 6.60. The van der Waals surface area contributed by atoms with Crippen LogP contribution < -0.4 is 5.32 Å². The number of hydrogen-bond donors (Lipinski definition) is 2. The van der Waals surface area contributed by atoms with Crippen LogP contribution >= 0.6 is 0 Å². The molecule has 0 fully saturated rings. The van der Waals surface area contributed by atoms with Gasteiger partial charge < -0.3 is 10.3 Å². The minimum absolute atomic E-state index is 0.766. The second-order valence-electron chi connectivity index (χ2n) is 4.75. The molecule has 0 amide bonds. The monoisotopic (exact) mass is 259 g/mol. The number of benzene rings is 3. The topological polar surface area (TPSA) is 40.7 Å². The van der Waals surface area contributed by atoms with Gasteiger partial charge in [0.1, 0.15) is 0 Å². The highest BCUT2D eigenvalue weighted by molar-refractivity contribution is 5.95. The van der Waals surface area contributed by atoms with Crippen LogP contribution in [0.4, 0.5) is 11.6 Å². The van der Waals surface area contributed by atoms with Gasteiger partial charge >= 0.3 is 0 Å². The minimum Gasteiger partial charge on any atom is -0.325 e. The molecular formula is C17H13N3. The number of imidazole rings is 1. The lowest BCUT2D eigenvalue weighted by atomic mass is 10.1. The number of H-pyrrole nitrogens is 1. The SMILES string of the molecule is c1ccc2c(Nc3nc4ccccc4[nH]3)cccc2c1. The molecule has 0 saturated carbocycles. The number of fused-ring (bicyclic) bond motifs is 2. The maximum absolute atomic E-state index is 4.55. The zero-order valence-electron chi connectivity index (χ0n) is 10.8. The Morgan fingerprint density at radius 2 is 1.60 bits per heavy atom. The van der Waals surface area contributed by atoms with E-state index in [1.807, 2.05) is 42.5 Å². The second-order valence-corrected chi connectivity index (χ2v) is 4.75. The maximum atomic E-state index is 4.55. The lowest BCUT2D eigenvalue weighted by Gasteiger charge is -2.06. The molecule has 0 aliphatic carbocycles. The van der Waals surface area contributed by atoms with Gasteiger partial charge in [-0.3, -0.25) is 0 Å². The van der Waals surface area contributed by atoms with Gasteiger partial charge in [0.25, 0.3) is 0 Å². The molecule has 0 aliphatic rings. The average Bonchev–Trinajstić information content (AvgIpc) is 2.90. The second kappa shape index (κ2) is 4.38. The quantitative estimate of drug-likeness (QED) is 0.558. The number of para-hydroxylation sites is 2. The maximum Gasteiger partial charge on any atom is 0.205 e. The minimum atomic E-state index is 0.766. The van der Waals surface area contributed by atoms with Crippen LogP contribution in [-0.2, 0) is 0 Å². The molecule has 4 rings (SSSR count). The Labute approximate surface area is 116 Å². The molecule has 96 valence electrons. The van der Waals surface area contributed by atoms with Gasteiger partial charge in [0.05, 0.1) is 11.0 Å². The normalized spacial score (nSPS) is 11.0. The largest absolute Gasteiger partial charge is 0.325 e. The molecule has 3 heteroatoms. The predicted molar refractivity (Wildman–Crippen MR) is 83.3 cm³/mol. The van der Waals surface area contributed by atoms with Crippen LogP contribution in [0.25, 0.3) is 21.8 Å². The number of rotatable bonds is 2. The van der Waals surface area contributed by atoms with E-state index in [-0.39, 0.29) is 0 Å². The van der Waals surface area contributed by atoms with Crippen molar-refractivity contribution in [3.8, 4) is 0 Å². The van der Waals surface area contributed by atoms with Crippen molar-refractivity contribution in [3.63, 3.8) is 0 Å². The highest BCUT2D eigenvalue weighted by Gasteiger charge is 2.04. The fourth-order valence-corrected chi connectivity index (χ4v) is 2.47. The summed E-state index contributed by atoms with van der Waals surface area (Å²) in [6.45, 7) is 0. The van der Waals surface area contributed by atoms with Crippen molar-refractivity contribution in [2.45, 2.75) is 0 Å². The Balaban J connectivity index is 1.80. The molecule has 0 spiro atoms. The van der Waals surface area contributed by atoms with Gasteiger partial charge in [0.2, 0.25) is 5.95 Å². The Morgan fingerprint density at radius 1 is 0.800 bits per heavy atom. The lowest BCUT2D eigenvalue weighted by molar-refractivity contribution is 1.32. The number of nitrogens with zero attached hydrogens (tertiary/aromatic N) is 1. The number of anilines is 2. The van der Waals surface area contributed by atoms with E-state index in [9.17, 15) is 0 Å². The zero-order chi connectivity index (χ0) is 13.4. The van der Waals surface area contributed by atoms with E-state index < -0.39 is 0 Å². The molecule has 0 radical (unpaired) electrons. The van der Waals surface area contributed by atoms with Crippen LogP contribution in [0.5, 0.6) is 0 Å². The first-order chi connectivity index (χ1) is 9.90. The molecule has 0 atom stereocenters. The average molecular weight is 259 g/mol. The third kappa shape index (κ3) is 1.80. The van der Waals surface area contributed by atoms with Gasteiger partial charge in [-0.2, -0.15) is 0 Å². The van der Waals surface area contributed by atoms with Crippen LogP contribution in [0.2, 0.25) is 0 Å². The summed E-state index contributed by atoms with van der Waals surface area (Å²) < 4.78 is 0. The number of aromatic nitrogens is 2. The van der Waals surface area contributed by atoms with E-state index in [0.717, 1.165) is 22.7 Å². The van der Waals surface area contributed by atoms with E-state index in [0.29, 0.717) is 0 Å². The third-order valence-corrected chi connectivity index (χ3v) is 3.43. The van der Waals surface area contributed by atoms with Gasteiger partial charge in [-0.05, 0) is 23.6 Å². The summed E-state index contributed by atoms with van der Waals surface area (Å²) in [5, 5.41) is 5.78. The van der Waals surface area contributed by atoms with Crippen molar-refractivity contribution in [1.82, 2.24) is 9.97 Å². The van der Waals surface area contributed by atoms with Gasteiger partial charge in [-0.25, -0.2) is 4.98 Å². The molecule has 0 bridgehead atoms. The smallest absolute Gasteiger partial charge is 0.205 e. The van der Waals surface area contributed by atoms with E-state index in [1.54, 1.807) is 0 Å². The Hall–Kier alpha value is -2.81. The molecule has 4 aromatic rings. The molecule has 1 aromatic heterocycles. The summed E-state index contributed by atoms with van der Waals surface area (Å²) in [6.07, 6.45) is 0. The highest BCUT2D eigenvalue weighted by Crippen LogP contribution is 2.26. The van der Waals surface area contributed by atoms with Crippen molar-refractivity contribution in [3.05, 3.63) is 66.7 Å². The first kappa shape index (κ1) is 11.1. The van der Waals surface area contributed by atoms with Gasteiger partial charge in [0, 0.05) is 11.1 Å². The third-order valence-electron chi connectivity index (χ3n) is 3.43. The fraction of sp³-hybridized carbons (Fsp3) is 0. The molecule has 3 nitrogen and oxygen atoms in total. The Bertz CT molecular complexity index is 854. The summed E-state index contributed by atoms with van der Waals surface area (Å²) in [5.41, 5.74) is 3.06. The predicted octanol–water partition coefficient (Wildman–Crippen LogP) is 4.46. The molecular weight excluding hydrogens is 246 g/mol. The summed E-state index contributed by atoms with van der Waals surface area (Å²) in [6, 6.07) is 22.6. The molecule has 0 aliphatic heterocycles. The standard InChI is InChI=1S/C17H13N3/c1-2-8-13-12(6-1)7-5-11-14(13)18-17-19-15-9-3-4-10-16(15)20-17/h1-11H,(H2,18,19,20). The van der Waals surface area contributed by atoms with Crippen LogP contribution in [0, 0.1) is 0 Å².